The van der Waals surface area contributed by atoms with Gasteiger partial charge in [0, 0.05) is 10.9 Å². The van der Waals surface area contributed by atoms with E-state index in [2.05, 4.69) is 31.9 Å². The Labute approximate surface area is 153 Å². The SMILES string of the molecule is C#CC1(OC(=O)COc2c(C)cc([S+]3CCCC3)cc2C)CCCC1. The van der Waals surface area contributed by atoms with E-state index in [0.717, 1.165) is 42.6 Å². The lowest BCUT2D eigenvalue weighted by Gasteiger charge is -2.23. The van der Waals surface area contributed by atoms with Gasteiger partial charge in [0.25, 0.3) is 0 Å². The van der Waals surface area contributed by atoms with Crippen LogP contribution in [0.2, 0.25) is 0 Å². The van der Waals surface area contributed by atoms with Crippen molar-refractivity contribution in [1.82, 2.24) is 0 Å². The van der Waals surface area contributed by atoms with Crippen molar-refractivity contribution >= 4 is 16.9 Å². The number of benzene rings is 1. The van der Waals surface area contributed by atoms with Crippen LogP contribution in [-0.4, -0.2) is 29.7 Å². The van der Waals surface area contributed by atoms with Crippen molar-refractivity contribution < 1.29 is 14.3 Å². The Morgan fingerprint density at radius 3 is 2.32 bits per heavy atom. The lowest BCUT2D eigenvalue weighted by atomic mass is 10.0. The number of carbonyl (C=O) groups is 1. The third-order valence-corrected chi connectivity index (χ3v) is 7.58. The quantitative estimate of drug-likeness (QED) is 0.454. The molecule has 0 radical (unpaired) electrons. The molecule has 25 heavy (non-hydrogen) atoms. The molecule has 0 amide bonds. The van der Waals surface area contributed by atoms with Crippen molar-refractivity contribution in [3.05, 3.63) is 23.3 Å². The summed E-state index contributed by atoms with van der Waals surface area (Å²) in [5.74, 6) is 5.70. The molecule has 134 valence electrons. The maximum Gasteiger partial charge on any atom is 0.345 e. The Morgan fingerprint density at radius 2 is 1.76 bits per heavy atom. The van der Waals surface area contributed by atoms with Gasteiger partial charge in [-0.3, -0.25) is 0 Å². The molecule has 1 saturated heterocycles. The molecule has 1 saturated carbocycles. The smallest absolute Gasteiger partial charge is 0.345 e. The van der Waals surface area contributed by atoms with Gasteiger partial charge >= 0.3 is 5.97 Å². The van der Waals surface area contributed by atoms with Crippen molar-refractivity contribution in [2.24, 2.45) is 0 Å². The van der Waals surface area contributed by atoms with Crippen LogP contribution < -0.4 is 4.74 Å². The third kappa shape index (κ3) is 4.15. The maximum absolute atomic E-state index is 12.2. The highest BCUT2D eigenvalue weighted by Gasteiger charge is 2.36. The van der Waals surface area contributed by atoms with E-state index >= 15 is 0 Å². The van der Waals surface area contributed by atoms with E-state index in [0.29, 0.717) is 10.9 Å². The van der Waals surface area contributed by atoms with E-state index in [1.807, 2.05) is 0 Å². The first kappa shape index (κ1) is 18.2. The van der Waals surface area contributed by atoms with Gasteiger partial charge in [0.15, 0.2) is 17.1 Å². The summed E-state index contributed by atoms with van der Waals surface area (Å²) in [5.41, 5.74) is 1.47. The maximum atomic E-state index is 12.2. The molecule has 1 aromatic rings. The van der Waals surface area contributed by atoms with Crippen LogP contribution in [0.5, 0.6) is 5.75 Å². The van der Waals surface area contributed by atoms with Crippen molar-refractivity contribution in [1.29, 1.82) is 0 Å². The number of ether oxygens (including phenoxy) is 2. The minimum atomic E-state index is -0.710. The molecule has 1 heterocycles. The number of terminal acetylenes is 1. The zero-order valence-corrected chi connectivity index (χ0v) is 16.0. The third-order valence-electron chi connectivity index (χ3n) is 5.12. The summed E-state index contributed by atoms with van der Waals surface area (Å²) >= 11 is 0. The van der Waals surface area contributed by atoms with Gasteiger partial charge in [-0.05, 0) is 75.6 Å². The van der Waals surface area contributed by atoms with Crippen LogP contribution in [-0.2, 0) is 20.4 Å². The van der Waals surface area contributed by atoms with Crippen LogP contribution in [0.3, 0.4) is 0 Å². The summed E-state index contributed by atoms with van der Waals surface area (Å²) in [7, 11) is 0.388. The number of hydrogen-bond donors (Lipinski definition) is 0. The van der Waals surface area contributed by atoms with Gasteiger partial charge < -0.3 is 9.47 Å². The zero-order valence-electron chi connectivity index (χ0n) is 15.2. The van der Waals surface area contributed by atoms with Crippen molar-refractivity contribution in [2.45, 2.75) is 62.9 Å². The van der Waals surface area contributed by atoms with Gasteiger partial charge in [0.1, 0.15) is 17.3 Å². The van der Waals surface area contributed by atoms with Crippen molar-refractivity contribution in [3.8, 4) is 18.1 Å². The Hall–Kier alpha value is -1.60. The standard InChI is InChI=1S/C21H27O3S/c1-4-21(9-5-6-10-21)24-19(22)15-23-20-16(2)13-18(14-17(20)3)25-11-7-8-12-25/h1,13-14H,5-12,15H2,2-3H3/q+1. The monoisotopic (exact) mass is 359 g/mol. The summed E-state index contributed by atoms with van der Waals surface area (Å²) < 4.78 is 11.4. The molecule has 1 aliphatic heterocycles. The summed E-state index contributed by atoms with van der Waals surface area (Å²) in [6.45, 7) is 4.02. The molecule has 0 spiro atoms. The largest absolute Gasteiger partial charge is 0.481 e. The second-order valence-corrected chi connectivity index (χ2v) is 9.38. The average Bonchev–Trinajstić information content (AvgIpc) is 3.26. The molecule has 1 aromatic carbocycles. The summed E-state index contributed by atoms with van der Waals surface area (Å²) in [5, 5.41) is 0. The van der Waals surface area contributed by atoms with Crippen LogP contribution in [0, 0.1) is 26.2 Å². The molecule has 0 N–H and O–H groups in total. The van der Waals surface area contributed by atoms with E-state index in [-0.39, 0.29) is 12.6 Å². The highest BCUT2D eigenvalue weighted by Crippen LogP contribution is 2.33. The molecule has 3 rings (SSSR count). The molecule has 3 nitrogen and oxygen atoms in total. The zero-order chi connectivity index (χ0) is 17.9. The molecular formula is C21H27O3S+. The number of hydrogen-bond acceptors (Lipinski definition) is 3. The van der Waals surface area contributed by atoms with E-state index in [4.69, 9.17) is 15.9 Å². The topological polar surface area (TPSA) is 35.5 Å². The van der Waals surface area contributed by atoms with E-state index in [1.165, 1.54) is 29.2 Å². The first-order chi connectivity index (χ1) is 12.0. The molecule has 0 unspecified atom stereocenters. The van der Waals surface area contributed by atoms with Gasteiger partial charge in [-0.1, -0.05) is 5.92 Å². The highest BCUT2D eigenvalue weighted by molar-refractivity contribution is 7.97. The van der Waals surface area contributed by atoms with Crippen LogP contribution in [0.25, 0.3) is 0 Å². The fourth-order valence-corrected chi connectivity index (χ4v) is 6.26. The van der Waals surface area contributed by atoms with Crippen LogP contribution in [0.15, 0.2) is 17.0 Å². The Balaban J connectivity index is 1.63. The minimum absolute atomic E-state index is 0.0871. The molecule has 0 atom stereocenters. The van der Waals surface area contributed by atoms with E-state index in [1.54, 1.807) is 0 Å². The molecule has 0 aromatic heterocycles. The minimum Gasteiger partial charge on any atom is -0.481 e. The molecule has 1 aliphatic carbocycles. The van der Waals surface area contributed by atoms with Gasteiger partial charge in [0.05, 0.1) is 0 Å². The van der Waals surface area contributed by atoms with Gasteiger partial charge in [0.2, 0.25) is 0 Å². The lowest BCUT2D eigenvalue weighted by molar-refractivity contribution is -0.156. The number of rotatable bonds is 5. The molecular weight excluding hydrogens is 332 g/mol. The van der Waals surface area contributed by atoms with Crippen molar-refractivity contribution in [2.75, 3.05) is 18.1 Å². The van der Waals surface area contributed by atoms with Gasteiger partial charge in [-0.25, -0.2) is 4.79 Å². The Kier molecular flexibility index (Phi) is 5.64. The molecule has 4 heteroatoms. The predicted molar refractivity (Wildman–Crippen MR) is 102 cm³/mol. The summed E-state index contributed by atoms with van der Waals surface area (Å²) in [6, 6.07) is 4.45. The van der Waals surface area contributed by atoms with Crippen LogP contribution in [0.4, 0.5) is 0 Å². The lowest BCUT2D eigenvalue weighted by Crippen LogP contribution is -2.32. The first-order valence-electron chi connectivity index (χ1n) is 9.14. The second-order valence-electron chi connectivity index (χ2n) is 7.10. The van der Waals surface area contributed by atoms with Crippen molar-refractivity contribution in [3.63, 3.8) is 0 Å². The van der Waals surface area contributed by atoms with Gasteiger partial charge in [-0.2, -0.15) is 0 Å². The summed E-state index contributed by atoms with van der Waals surface area (Å²) in [6.07, 6.45) is 11.8. The van der Waals surface area contributed by atoms with Gasteiger partial charge in [-0.15, -0.1) is 6.42 Å². The normalized spacial score (nSPS) is 19.6. The van der Waals surface area contributed by atoms with E-state index < -0.39 is 5.60 Å². The van der Waals surface area contributed by atoms with Crippen LogP contribution in [0.1, 0.15) is 49.7 Å². The number of carbonyl (C=O) groups excluding carboxylic acids is 1. The Bertz CT molecular complexity index is 654. The second kappa shape index (κ2) is 7.74. The number of aryl methyl sites for hydroxylation is 2. The summed E-state index contributed by atoms with van der Waals surface area (Å²) in [4.78, 5) is 13.6. The molecule has 2 aliphatic rings. The molecule has 0 bridgehead atoms. The highest BCUT2D eigenvalue weighted by atomic mass is 32.2. The number of esters is 1. The fourth-order valence-electron chi connectivity index (χ4n) is 3.80. The van der Waals surface area contributed by atoms with Crippen LogP contribution >= 0.6 is 0 Å². The predicted octanol–water partition coefficient (Wildman–Crippen LogP) is 3.94. The van der Waals surface area contributed by atoms with E-state index in [9.17, 15) is 4.79 Å². The first-order valence-corrected chi connectivity index (χ1v) is 10.7. The Morgan fingerprint density at radius 1 is 1.16 bits per heavy atom. The average molecular weight is 360 g/mol. The molecule has 2 fully saturated rings. The fraction of sp³-hybridized carbons (Fsp3) is 0.571.